The summed E-state index contributed by atoms with van der Waals surface area (Å²) in [5, 5.41) is 3.89. The Balaban J connectivity index is 1.10. The Morgan fingerprint density at radius 3 is 1.03 bits per heavy atom. The first-order valence-corrected chi connectivity index (χ1v) is 33.3. The van der Waals surface area contributed by atoms with Crippen LogP contribution in [0.2, 0.25) is 0 Å². The second-order valence-electron chi connectivity index (χ2n) is 29.9. The molecule has 6 heteroatoms. The first-order valence-electron chi connectivity index (χ1n) is 33.3. The summed E-state index contributed by atoms with van der Waals surface area (Å²) in [6, 6.07) is 95.6. The minimum absolute atomic E-state index is 0.0338. The predicted octanol–water partition coefficient (Wildman–Crippen LogP) is 25.6. The third-order valence-corrected chi connectivity index (χ3v) is 19.6. The minimum Gasteiger partial charge on any atom is -0.455 e. The summed E-state index contributed by atoms with van der Waals surface area (Å²) in [4.78, 5) is 7.12. The molecule has 95 heavy (non-hydrogen) atoms. The van der Waals surface area contributed by atoms with Gasteiger partial charge in [-0.2, -0.15) is 0 Å². The van der Waals surface area contributed by atoms with Crippen molar-refractivity contribution in [2.75, 3.05) is 14.7 Å². The van der Waals surface area contributed by atoms with Gasteiger partial charge in [-0.1, -0.05) is 229 Å². The van der Waals surface area contributed by atoms with E-state index in [4.69, 9.17) is 8.83 Å². The molecule has 0 saturated heterocycles. The number of para-hydroxylation sites is 4. The Morgan fingerprint density at radius 1 is 0.295 bits per heavy atom. The molecule has 0 fully saturated rings. The zero-order chi connectivity index (χ0) is 65.9. The van der Waals surface area contributed by atoms with Crippen LogP contribution in [0.5, 0.6) is 0 Å². The van der Waals surface area contributed by atoms with Crippen molar-refractivity contribution in [3.8, 4) is 11.1 Å². The first-order chi connectivity index (χ1) is 45.6. The molecule has 470 valence electrons. The van der Waals surface area contributed by atoms with Crippen molar-refractivity contribution in [3.05, 3.63) is 317 Å². The fraction of sp³-hybridized carbons (Fsp3) is 0.191. The van der Waals surface area contributed by atoms with Crippen molar-refractivity contribution >= 4 is 95.1 Å². The van der Waals surface area contributed by atoms with Gasteiger partial charge in [0.15, 0.2) is 5.58 Å². The molecule has 2 aromatic heterocycles. The lowest BCUT2D eigenvalue weighted by Crippen LogP contribution is -2.29. The lowest BCUT2D eigenvalue weighted by Gasteiger charge is -2.36. The average molecular weight is 1240 g/mol. The summed E-state index contributed by atoms with van der Waals surface area (Å²) in [5.74, 6) is -0.323. The SMILES string of the molecule is CC(C)(C)c1ccc(N(c2ccc(C(C)(C)C)cc2)c2ccc(C3(c4ccc(F)cc4)c4cc(N(c5ccccc5)c5ccc(C(C)(C)C)cc5)c5c(oc6ccccc65)c4-c4c3cc(N(c3ccccc3)c3ccc(C(C)(C)C)cc3)c3oc5ccccc5c43)cc2)cc1. The van der Waals surface area contributed by atoms with E-state index in [0.29, 0.717) is 0 Å². The van der Waals surface area contributed by atoms with Gasteiger partial charge >= 0.3 is 0 Å². The highest BCUT2D eigenvalue weighted by Crippen LogP contribution is 2.65. The van der Waals surface area contributed by atoms with Gasteiger partial charge in [0, 0.05) is 67.1 Å². The Bertz CT molecular complexity index is 5120. The molecule has 0 saturated carbocycles. The van der Waals surface area contributed by atoms with E-state index in [2.05, 4.69) is 340 Å². The molecular formula is C89H80FN3O2. The van der Waals surface area contributed by atoms with E-state index in [-0.39, 0.29) is 27.5 Å². The van der Waals surface area contributed by atoms with Gasteiger partial charge in [0.05, 0.1) is 22.2 Å². The monoisotopic (exact) mass is 1240 g/mol. The minimum atomic E-state index is -1.18. The van der Waals surface area contributed by atoms with Crippen LogP contribution in [0.25, 0.3) is 55.0 Å². The van der Waals surface area contributed by atoms with E-state index in [1.807, 2.05) is 12.1 Å². The standard InChI is InChI=1S/C89H80FN3O2/c1-85(2,3)57-33-45-66(46-34-57)91(67-47-35-58(36-48-67)86(4,5)6)68-53-41-62(42-54-68)89(61-31-43-63(90)44-32-61)73-56-76(93(65-25-17-14-18-26-65)70-51-39-60(40-52-70)88(10,11)12)83-80(72-28-20-22-30-78(72)94-83)81(73)82-74(89)55-75(79-71-27-19-21-29-77(71)95-84(79)82)92(64-23-15-13-16-24-64)69-49-37-59(38-50-69)87(7,8)9/h13-56H,1-12H3. The molecular weight excluding hydrogens is 1160 g/mol. The second kappa shape index (κ2) is 22.7. The van der Waals surface area contributed by atoms with Crippen LogP contribution < -0.4 is 14.7 Å². The molecule has 1 unspecified atom stereocenters. The summed E-state index contributed by atoms with van der Waals surface area (Å²) in [7, 11) is 0. The van der Waals surface area contributed by atoms with Gasteiger partial charge in [-0.25, -0.2) is 4.39 Å². The number of benzene rings is 12. The lowest BCUT2D eigenvalue weighted by atomic mass is 9.67. The van der Waals surface area contributed by atoms with E-state index in [0.717, 1.165) is 128 Å². The van der Waals surface area contributed by atoms with Gasteiger partial charge < -0.3 is 23.5 Å². The predicted molar refractivity (Wildman–Crippen MR) is 397 cm³/mol. The molecule has 0 bridgehead atoms. The third-order valence-electron chi connectivity index (χ3n) is 19.6. The molecule has 1 aliphatic rings. The summed E-state index contributed by atoms with van der Waals surface area (Å²) >= 11 is 0. The van der Waals surface area contributed by atoms with Gasteiger partial charge in [-0.3, -0.25) is 0 Å². The van der Waals surface area contributed by atoms with Crippen LogP contribution in [0.4, 0.5) is 55.6 Å². The van der Waals surface area contributed by atoms with Crippen LogP contribution in [0.1, 0.15) is 128 Å². The number of fused-ring (bicyclic) bond motifs is 11. The van der Waals surface area contributed by atoms with Crippen molar-refractivity contribution in [2.24, 2.45) is 0 Å². The lowest BCUT2D eigenvalue weighted by molar-refractivity contribution is 0.590. The van der Waals surface area contributed by atoms with Gasteiger partial charge in [-0.05, 0) is 187 Å². The van der Waals surface area contributed by atoms with E-state index < -0.39 is 5.41 Å². The van der Waals surface area contributed by atoms with Crippen LogP contribution in [0.3, 0.4) is 0 Å². The van der Waals surface area contributed by atoms with Crippen LogP contribution in [0, 0.1) is 5.82 Å². The van der Waals surface area contributed by atoms with Crippen LogP contribution >= 0.6 is 0 Å². The van der Waals surface area contributed by atoms with Crippen molar-refractivity contribution in [2.45, 2.75) is 110 Å². The average Bonchev–Trinajstić information content (AvgIpc) is 1.50. The zero-order valence-electron chi connectivity index (χ0n) is 56.4. The van der Waals surface area contributed by atoms with Crippen LogP contribution in [0.15, 0.2) is 276 Å². The maximum atomic E-state index is 16.3. The Hall–Kier alpha value is -10.4. The van der Waals surface area contributed by atoms with Crippen LogP contribution in [-0.4, -0.2) is 0 Å². The molecule has 0 aliphatic heterocycles. The highest BCUT2D eigenvalue weighted by atomic mass is 19.1. The summed E-state index contributed by atoms with van der Waals surface area (Å²) in [5.41, 5.74) is 21.2. The molecule has 5 nitrogen and oxygen atoms in total. The van der Waals surface area contributed by atoms with Gasteiger partial charge in [0.25, 0.3) is 0 Å². The first kappa shape index (κ1) is 60.8. The van der Waals surface area contributed by atoms with Crippen molar-refractivity contribution < 1.29 is 13.2 Å². The smallest absolute Gasteiger partial charge is 0.160 e. The quantitative estimate of drug-likeness (QED) is 0.129. The van der Waals surface area contributed by atoms with E-state index >= 15 is 4.39 Å². The molecule has 2 heterocycles. The summed E-state index contributed by atoms with van der Waals surface area (Å²) < 4.78 is 31.3. The van der Waals surface area contributed by atoms with Crippen LogP contribution in [-0.2, 0) is 27.1 Å². The molecule has 14 aromatic rings. The van der Waals surface area contributed by atoms with Gasteiger partial charge in [0.1, 0.15) is 22.6 Å². The highest BCUT2D eigenvalue weighted by molar-refractivity contribution is 6.26. The highest BCUT2D eigenvalue weighted by Gasteiger charge is 2.51. The van der Waals surface area contributed by atoms with Gasteiger partial charge in [0.2, 0.25) is 0 Å². The molecule has 0 spiro atoms. The fourth-order valence-electron chi connectivity index (χ4n) is 14.6. The fourth-order valence-corrected chi connectivity index (χ4v) is 14.6. The second-order valence-corrected chi connectivity index (χ2v) is 29.9. The third kappa shape index (κ3) is 10.4. The number of nitrogens with zero attached hydrogens (tertiary/aromatic N) is 3. The summed E-state index contributed by atoms with van der Waals surface area (Å²) in [6.07, 6.45) is 0. The molecule has 0 N–H and O–H groups in total. The summed E-state index contributed by atoms with van der Waals surface area (Å²) in [6.45, 7) is 27.1. The molecule has 1 aliphatic carbocycles. The largest absolute Gasteiger partial charge is 0.455 e. The van der Waals surface area contributed by atoms with Crippen molar-refractivity contribution in [1.29, 1.82) is 0 Å². The molecule has 0 amide bonds. The number of hydrogen-bond acceptors (Lipinski definition) is 5. The zero-order valence-corrected chi connectivity index (χ0v) is 56.4. The maximum Gasteiger partial charge on any atom is 0.160 e. The molecule has 1 atom stereocenters. The number of rotatable bonds is 11. The molecule has 12 aromatic carbocycles. The molecule has 0 radical (unpaired) electrons. The topological polar surface area (TPSA) is 36.0 Å². The van der Waals surface area contributed by atoms with E-state index in [9.17, 15) is 0 Å². The van der Waals surface area contributed by atoms with Crippen molar-refractivity contribution in [1.82, 2.24) is 0 Å². The maximum absolute atomic E-state index is 16.3. The number of hydrogen-bond donors (Lipinski definition) is 0. The molecule has 15 rings (SSSR count). The van der Waals surface area contributed by atoms with E-state index in [1.165, 1.54) is 22.3 Å². The number of anilines is 9. The Kier molecular flexibility index (Phi) is 14.5. The number of halogens is 1. The normalized spacial score (nSPS) is 14.2. The number of furan rings is 2. The van der Waals surface area contributed by atoms with E-state index in [1.54, 1.807) is 12.1 Å². The Labute approximate surface area is 558 Å². The van der Waals surface area contributed by atoms with Crippen molar-refractivity contribution in [3.63, 3.8) is 0 Å². The van der Waals surface area contributed by atoms with Gasteiger partial charge in [-0.15, -0.1) is 0 Å². The Morgan fingerprint density at radius 2 is 0.611 bits per heavy atom.